The largest absolute Gasteiger partial charge is 0.322 e. The van der Waals surface area contributed by atoms with E-state index in [1.165, 1.54) is 30.6 Å². The van der Waals surface area contributed by atoms with E-state index < -0.39 is 5.91 Å². The number of nitrogens with zero attached hydrogens (tertiary/aromatic N) is 1. The first-order chi connectivity index (χ1) is 8.59. The lowest BCUT2D eigenvalue weighted by atomic mass is 10.1. The molecule has 0 atom stereocenters. The molecule has 0 spiro atoms. The van der Waals surface area contributed by atoms with Gasteiger partial charge in [-0.15, -0.1) is 0 Å². The van der Waals surface area contributed by atoms with Crippen LogP contribution in [0.1, 0.15) is 15.9 Å². The Bertz CT molecular complexity index is 601. The maximum atomic E-state index is 13.3. The van der Waals surface area contributed by atoms with E-state index in [0.717, 1.165) is 0 Å². The van der Waals surface area contributed by atoms with Crippen LogP contribution >= 0.6 is 11.6 Å². The molecular formula is C13H10ClFN2O. The quantitative estimate of drug-likeness (QED) is 0.903. The predicted octanol–water partition coefficient (Wildman–Crippen LogP) is 3.43. The minimum Gasteiger partial charge on any atom is -0.322 e. The van der Waals surface area contributed by atoms with Crippen molar-refractivity contribution in [3.63, 3.8) is 0 Å². The summed E-state index contributed by atoms with van der Waals surface area (Å²) >= 11 is 5.88. The van der Waals surface area contributed by atoms with E-state index in [4.69, 9.17) is 11.6 Å². The molecule has 0 saturated carbocycles. The van der Waals surface area contributed by atoms with Gasteiger partial charge in [0.15, 0.2) is 0 Å². The van der Waals surface area contributed by atoms with E-state index in [9.17, 15) is 9.18 Å². The van der Waals surface area contributed by atoms with Gasteiger partial charge in [-0.3, -0.25) is 9.78 Å². The predicted molar refractivity (Wildman–Crippen MR) is 68.3 cm³/mol. The molecule has 0 radical (unpaired) electrons. The Morgan fingerprint density at radius 1 is 1.39 bits per heavy atom. The number of anilines is 1. The van der Waals surface area contributed by atoms with Crippen LogP contribution in [0, 0.1) is 12.7 Å². The van der Waals surface area contributed by atoms with Crippen molar-refractivity contribution >= 4 is 23.2 Å². The molecular weight excluding hydrogens is 255 g/mol. The Morgan fingerprint density at radius 3 is 2.89 bits per heavy atom. The van der Waals surface area contributed by atoms with Gasteiger partial charge in [0.25, 0.3) is 5.91 Å². The van der Waals surface area contributed by atoms with Crippen molar-refractivity contribution in [3.05, 3.63) is 58.6 Å². The fourth-order valence-electron chi connectivity index (χ4n) is 1.48. The first-order valence-electron chi connectivity index (χ1n) is 5.25. The van der Waals surface area contributed by atoms with Gasteiger partial charge < -0.3 is 5.32 Å². The van der Waals surface area contributed by atoms with Gasteiger partial charge >= 0.3 is 0 Å². The maximum Gasteiger partial charge on any atom is 0.258 e. The number of nitrogens with one attached hydrogen (secondary N) is 1. The van der Waals surface area contributed by atoms with Gasteiger partial charge in [-0.2, -0.15) is 0 Å². The van der Waals surface area contributed by atoms with E-state index in [1.807, 2.05) is 0 Å². The molecule has 1 heterocycles. The van der Waals surface area contributed by atoms with E-state index in [0.29, 0.717) is 16.3 Å². The molecule has 0 aliphatic heterocycles. The number of carbonyl (C=O) groups is 1. The summed E-state index contributed by atoms with van der Waals surface area (Å²) in [5.41, 5.74) is 1.05. The third-order valence-corrected chi connectivity index (χ3v) is 2.86. The summed E-state index contributed by atoms with van der Waals surface area (Å²) < 4.78 is 13.3. The third kappa shape index (κ3) is 2.49. The molecule has 3 nitrogen and oxygen atoms in total. The lowest BCUT2D eigenvalue weighted by molar-refractivity contribution is 0.102. The molecule has 92 valence electrons. The van der Waals surface area contributed by atoms with Gasteiger partial charge in [-0.1, -0.05) is 17.7 Å². The van der Waals surface area contributed by atoms with Crippen molar-refractivity contribution in [3.8, 4) is 0 Å². The van der Waals surface area contributed by atoms with Crippen molar-refractivity contribution in [2.75, 3.05) is 5.32 Å². The molecule has 18 heavy (non-hydrogen) atoms. The van der Waals surface area contributed by atoms with Crippen molar-refractivity contribution in [1.29, 1.82) is 0 Å². The normalized spacial score (nSPS) is 10.2. The van der Waals surface area contributed by atoms with Gasteiger partial charge in [0, 0.05) is 23.6 Å². The Hall–Kier alpha value is -1.94. The summed E-state index contributed by atoms with van der Waals surface area (Å²) in [4.78, 5) is 15.8. The first-order valence-corrected chi connectivity index (χ1v) is 5.63. The fourth-order valence-corrected chi connectivity index (χ4v) is 1.67. The van der Waals surface area contributed by atoms with Gasteiger partial charge in [-0.25, -0.2) is 4.39 Å². The third-order valence-electron chi connectivity index (χ3n) is 2.53. The molecule has 2 aromatic rings. The minimum absolute atomic E-state index is 0.253. The van der Waals surface area contributed by atoms with Crippen LogP contribution in [0.15, 0.2) is 36.7 Å². The zero-order valence-electron chi connectivity index (χ0n) is 9.58. The molecule has 5 heteroatoms. The van der Waals surface area contributed by atoms with Crippen LogP contribution in [-0.4, -0.2) is 10.9 Å². The smallest absolute Gasteiger partial charge is 0.258 e. The van der Waals surface area contributed by atoms with E-state index >= 15 is 0 Å². The van der Waals surface area contributed by atoms with Crippen molar-refractivity contribution in [2.24, 2.45) is 0 Å². The minimum atomic E-state index is -0.415. The second-order valence-corrected chi connectivity index (χ2v) is 4.13. The molecule has 0 saturated heterocycles. The Morgan fingerprint density at radius 2 is 2.17 bits per heavy atom. The maximum absolute atomic E-state index is 13.3. The monoisotopic (exact) mass is 264 g/mol. The van der Waals surface area contributed by atoms with Crippen molar-refractivity contribution in [2.45, 2.75) is 6.92 Å². The highest BCUT2D eigenvalue weighted by atomic mass is 35.5. The molecule has 0 aliphatic carbocycles. The highest BCUT2D eigenvalue weighted by molar-refractivity contribution is 6.34. The zero-order valence-corrected chi connectivity index (χ0v) is 10.3. The number of pyridine rings is 1. The summed E-state index contributed by atoms with van der Waals surface area (Å²) in [6.45, 7) is 1.59. The molecule has 1 aromatic carbocycles. The summed E-state index contributed by atoms with van der Waals surface area (Å²) in [5.74, 6) is -0.785. The van der Waals surface area contributed by atoms with Crippen molar-refractivity contribution < 1.29 is 9.18 Å². The highest BCUT2D eigenvalue weighted by Crippen LogP contribution is 2.20. The summed E-state index contributed by atoms with van der Waals surface area (Å²) in [7, 11) is 0. The van der Waals surface area contributed by atoms with E-state index in [1.54, 1.807) is 13.0 Å². The number of aromatic nitrogens is 1. The molecule has 0 bridgehead atoms. The van der Waals surface area contributed by atoms with Crippen LogP contribution in [0.3, 0.4) is 0 Å². The summed E-state index contributed by atoms with van der Waals surface area (Å²) in [5, 5.41) is 2.91. The molecule has 0 aliphatic rings. The number of halogens is 2. The molecule has 0 fully saturated rings. The van der Waals surface area contributed by atoms with Crippen LogP contribution in [-0.2, 0) is 0 Å². The van der Waals surface area contributed by atoms with Gasteiger partial charge in [0.05, 0.1) is 10.6 Å². The zero-order chi connectivity index (χ0) is 13.1. The van der Waals surface area contributed by atoms with Crippen LogP contribution in [0.25, 0.3) is 0 Å². The average Bonchev–Trinajstić information content (AvgIpc) is 2.35. The SMILES string of the molecule is Cc1c(F)cccc1NC(=O)c1cnccc1Cl. The number of amides is 1. The highest BCUT2D eigenvalue weighted by Gasteiger charge is 2.12. The van der Waals surface area contributed by atoms with Crippen LogP contribution in [0.2, 0.25) is 5.02 Å². The number of hydrogen-bond donors (Lipinski definition) is 1. The average molecular weight is 265 g/mol. The Kier molecular flexibility index (Phi) is 3.58. The number of rotatable bonds is 2. The second-order valence-electron chi connectivity index (χ2n) is 3.72. The van der Waals surface area contributed by atoms with Crippen LogP contribution in [0.4, 0.5) is 10.1 Å². The Labute approximate surface area is 109 Å². The van der Waals surface area contributed by atoms with Crippen LogP contribution < -0.4 is 5.32 Å². The van der Waals surface area contributed by atoms with Gasteiger partial charge in [0.2, 0.25) is 0 Å². The fraction of sp³-hybridized carbons (Fsp3) is 0.0769. The molecule has 1 aromatic heterocycles. The van der Waals surface area contributed by atoms with Gasteiger partial charge in [0.1, 0.15) is 5.82 Å². The van der Waals surface area contributed by atoms with Crippen LogP contribution in [0.5, 0.6) is 0 Å². The molecule has 2 rings (SSSR count). The number of benzene rings is 1. The summed E-state index contributed by atoms with van der Waals surface area (Å²) in [6.07, 6.45) is 2.86. The molecule has 1 amide bonds. The molecule has 0 unspecified atom stereocenters. The lowest BCUT2D eigenvalue weighted by Crippen LogP contribution is -2.14. The standard InChI is InChI=1S/C13H10ClFN2O/c1-8-11(15)3-2-4-12(8)17-13(18)9-7-16-6-5-10(9)14/h2-7H,1H3,(H,17,18). The summed E-state index contributed by atoms with van der Waals surface area (Å²) in [6, 6.07) is 6.01. The first kappa shape index (κ1) is 12.5. The number of carbonyl (C=O) groups excluding carboxylic acids is 1. The van der Waals surface area contributed by atoms with E-state index in [-0.39, 0.29) is 11.4 Å². The van der Waals surface area contributed by atoms with Gasteiger partial charge in [-0.05, 0) is 25.1 Å². The van der Waals surface area contributed by atoms with E-state index in [2.05, 4.69) is 10.3 Å². The molecule has 1 N–H and O–H groups in total. The lowest BCUT2D eigenvalue weighted by Gasteiger charge is -2.09. The topological polar surface area (TPSA) is 42.0 Å². The Balaban J connectivity index is 2.27. The number of hydrogen-bond acceptors (Lipinski definition) is 2. The van der Waals surface area contributed by atoms with Crippen molar-refractivity contribution in [1.82, 2.24) is 4.98 Å². The second kappa shape index (κ2) is 5.14.